The molecule has 1 amide bonds. The van der Waals surface area contributed by atoms with E-state index in [-0.39, 0.29) is 11.3 Å². The minimum Gasteiger partial charge on any atom is -0.493 e. The highest BCUT2D eigenvalue weighted by molar-refractivity contribution is 6.07. The number of carbonyl (C=O) groups is 1. The van der Waals surface area contributed by atoms with E-state index in [1.807, 2.05) is 48.9 Å². The molecule has 34 heavy (non-hydrogen) atoms. The zero-order valence-electron chi connectivity index (χ0n) is 19.8. The summed E-state index contributed by atoms with van der Waals surface area (Å²) in [6.45, 7) is 1.87. The Morgan fingerprint density at radius 3 is 2.12 bits per heavy atom. The Labute approximate surface area is 197 Å². The number of carbonyl (C=O) groups excluding carboxylic acids is 1. The first-order chi connectivity index (χ1) is 16.4. The maximum atomic E-state index is 13.8. The van der Waals surface area contributed by atoms with Crippen LogP contribution in [0.2, 0.25) is 0 Å². The van der Waals surface area contributed by atoms with Crippen LogP contribution in [0.1, 0.15) is 15.9 Å². The number of fused-ring (bicyclic) bond motifs is 1. The van der Waals surface area contributed by atoms with E-state index in [0.717, 1.165) is 5.56 Å². The van der Waals surface area contributed by atoms with E-state index in [2.05, 4.69) is 5.32 Å². The van der Waals surface area contributed by atoms with Crippen molar-refractivity contribution in [2.45, 2.75) is 6.92 Å². The highest BCUT2D eigenvalue weighted by atomic mass is 16.5. The normalized spacial score (nSPS) is 10.7. The van der Waals surface area contributed by atoms with Gasteiger partial charge in [-0.3, -0.25) is 9.59 Å². The number of amides is 1. The fraction of sp³-hybridized carbons (Fsp3) is 0.185. The van der Waals surface area contributed by atoms with E-state index < -0.39 is 0 Å². The van der Waals surface area contributed by atoms with Crippen LogP contribution in [0.25, 0.3) is 22.0 Å². The first-order valence-corrected chi connectivity index (χ1v) is 10.7. The zero-order chi connectivity index (χ0) is 24.4. The van der Waals surface area contributed by atoms with Crippen LogP contribution in [0, 0.1) is 6.92 Å². The molecule has 0 unspecified atom stereocenters. The number of aromatic nitrogens is 1. The van der Waals surface area contributed by atoms with Gasteiger partial charge in [0, 0.05) is 18.0 Å². The van der Waals surface area contributed by atoms with Crippen LogP contribution in [0.3, 0.4) is 0 Å². The van der Waals surface area contributed by atoms with Crippen LogP contribution < -0.4 is 25.0 Å². The second kappa shape index (κ2) is 9.31. The number of rotatable bonds is 6. The number of pyridine rings is 1. The summed E-state index contributed by atoms with van der Waals surface area (Å²) in [5.41, 5.74) is 2.69. The van der Waals surface area contributed by atoms with Crippen LogP contribution >= 0.6 is 0 Å². The number of hydrogen-bond acceptors (Lipinski definition) is 5. The second-order valence-electron chi connectivity index (χ2n) is 7.81. The van der Waals surface area contributed by atoms with Crippen molar-refractivity contribution < 1.29 is 19.0 Å². The SMILES string of the molecule is COc1cc(-c2c(NC(=O)c3ccccc3C)n(C)c3ccccc3c2=O)cc(OC)c1OC. The van der Waals surface area contributed by atoms with Crippen molar-refractivity contribution in [3.8, 4) is 28.4 Å². The lowest BCUT2D eigenvalue weighted by Gasteiger charge is -2.20. The molecule has 0 spiro atoms. The van der Waals surface area contributed by atoms with Gasteiger partial charge >= 0.3 is 0 Å². The summed E-state index contributed by atoms with van der Waals surface area (Å²) in [5.74, 6) is 1.28. The average Bonchev–Trinajstić information content (AvgIpc) is 2.86. The number of anilines is 1. The molecular weight excluding hydrogens is 432 g/mol. The Morgan fingerprint density at radius 1 is 0.882 bits per heavy atom. The molecule has 1 heterocycles. The summed E-state index contributed by atoms with van der Waals surface area (Å²) in [6.07, 6.45) is 0. The van der Waals surface area contributed by atoms with Crippen LogP contribution in [0.15, 0.2) is 65.5 Å². The molecule has 0 fully saturated rings. The summed E-state index contributed by atoms with van der Waals surface area (Å²) in [5, 5.41) is 3.51. The third kappa shape index (κ3) is 3.85. The molecule has 0 atom stereocenters. The predicted molar refractivity (Wildman–Crippen MR) is 133 cm³/mol. The minimum absolute atomic E-state index is 0.219. The average molecular weight is 459 g/mol. The lowest BCUT2D eigenvalue weighted by Crippen LogP contribution is -2.22. The Bertz CT molecular complexity index is 1430. The molecule has 1 N–H and O–H groups in total. The van der Waals surface area contributed by atoms with Gasteiger partial charge in [-0.15, -0.1) is 0 Å². The maximum absolute atomic E-state index is 13.8. The van der Waals surface area contributed by atoms with Gasteiger partial charge in [0.2, 0.25) is 5.75 Å². The first kappa shape index (κ1) is 22.9. The van der Waals surface area contributed by atoms with Crippen LogP contribution in [-0.2, 0) is 7.05 Å². The highest BCUT2D eigenvalue weighted by Gasteiger charge is 2.23. The molecular formula is C27H26N2O5. The van der Waals surface area contributed by atoms with Crippen molar-refractivity contribution in [3.05, 3.63) is 82.0 Å². The van der Waals surface area contributed by atoms with E-state index in [4.69, 9.17) is 14.2 Å². The number of nitrogens with one attached hydrogen (secondary N) is 1. The number of nitrogens with zero attached hydrogens (tertiary/aromatic N) is 1. The summed E-state index contributed by atoms with van der Waals surface area (Å²) >= 11 is 0. The number of benzene rings is 3. The molecule has 7 heteroatoms. The van der Waals surface area contributed by atoms with Gasteiger partial charge in [-0.05, 0) is 48.4 Å². The van der Waals surface area contributed by atoms with Crippen molar-refractivity contribution in [3.63, 3.8) is 0 Å². The van der Waals surface area contributed by atoms with Gasteiger partial charge in [-0.2, -0.15) is 0 Å². The van der Waals surface area contributed by atoms with Gasteiger partial charge in [0.05, 0.1) is 32.4 Å². The van der Waals surface area contributed by atoms with Gasteiger partial charge in [0.1, 0.15) is 5.82 Å². The monoisotopic (exact) mass is 458 g/mol. The Kier molecular flexibility index (Phi) is 6.27. The molecule has 4 aromatic rings. The van der Waals surface area contributed by atoms with Crippen molar-refractivity contribution in [2.75, 3.05) is 26.6 Å². The van der Waals surface area contributed by atoms with Gasteiger partial charge in [-0.1, -0.05) is 30.3 Å². The number of methoxy groups -OCH3 is 3. The third-order valence-corrected chi connectivity index (χ3v) is 5.88. The molecule has 1 aromatic heterocycles. The van der Waals surface area contributed by atoms with Crippen molar-refractivity contribution in [1.29, 1.82) is 0 Å². The second-order valence-corrected chi connectivity index (χ2v) is 7.81. The Balaban J connectivity index is 2.02. The molecule has 0 saturated carbocycles. The van der Waals surface area contributed by atoms with Gasteiger partial charge in [0.25, 0.3) is 5.91 Å². The van der Waals surface area contributed by atoms with Gasteiger partial charge in [0.15, 0.2) is 16.9 Å². The summed E-state index contributed by atoms with van der Waals surface area (Å²) in [7, 11) is 6.36. The van der Waals surface area contributed by atoms with E-state index in [9.17, 15) is 9.59 Å². The highest BCUT2D eigenvalue weighted by Crippen LogP contribution is 2.42. The van der Waals surface area contributed by atoms with Gasteiger partial charge < -0.3 is 24.1 Å². The van der Waals surface area contributed by atoms with E-state index >= 15 is 0 Å². The van der Waals surface area contributed by atoms with Crippen molar-refractivity contribution in [1.82, 2.24) is 4.57 Å². The minimum atomic E-state index is -0.308. The molecule has 0 bridgehead atoms. The Morgan fingerprint density at radius 2 is 1.50 bits per heavy atom. The smallest absolute Gasteiger partial charge is 0.257 e. The molecule has 174 valence electrons. The topological polar surface area (TPSA) is 78.8 Å². The van der Waals surface area contributed by atoms with E-state index in [0.29, 0.717) is 50.7 Å². The molecule has 0 saturated heterocycles. The fourth-order valence-corrected chi connectivity index (χ4v) is 4.13. The van der Waals surface area contributed by atoms with Crippen molar-refractivity contribution in [2.24, 2.45) is 7.05 Å². The molecule has 0 aliphatic heterocycles. The van der Waals surface area contributed by atoms with Crippen molar-refractivity contribution >= 4 is 22.6 Å². The first-order valence-electron chi connectivity index (χ1n) is 10.7. The molecule has 4 rings (SSSR count). The molecule has 3 aromatic carbocycles. The lowest BCUT2D eigenvalue weighted by atomic mass is 10.0. The number of ether oxygens (including phenoxy) is 3. The quantitative estimate of drug-likeness (QED) is 0.449. The lowest BCUT2D eigenvalue weighted by molar-refractivity contribution is 0.102. The molecule has 7 nitrogen and oxygen atoms in total. The molecule has 0 aliphatic rings. The van der Waals surface area contributed by atoms with Crippen LogP contribution in [0.4, 0.5) is 5.82 Å². The van der Waals surface area contributed by atoms with Crippen LogP contribution in [-0.4, -0.2) is 31.8 Å². The molecule has 0 radical (unpaired) electrons. The fourth-order valence-electron chi connectivity index (χ4n) is 4.13. The molecule has 0 aliphatic carbocycles. The van der Waals surface area contributed by atoms with Crippen LogP contribution in [0.5, 0.6) is 17.2 Å². The third-order valence-electron chi connectivity index (χ3n) is 5.88. The maximum Gasteiger partial charge on any atom is 0.257 e. The van der Waals surface area contributed by atoms with Gasteiger partial charge in [-0.25, -0.2) is 0 Å². The zero-order valence-corrected chi connectivity index (χ0v) is 19.8. The largest absolute Gasteiger partial charge is 0.493 e. The predicted octanol–water partition coefficient (Wildman–Crippen LogP) is 4.79. The van der Waals surface area contributed by atoms with E-state index in [1.54, 1.807) is 30.3 Å². The standard InChI is InChI=1S/C27H26N2O5/c1-16-10-6-7-11-18(16)27(31)28-26-23(24(30)19-12-8-9-13-20(19)29(26)2)17-14-21(32-3)25(34-5)22(15-17)33-4/h6-15H,1-5H3,(H,28,31). The number of hydrogen-bond donors (Lipinski definition) is 1. The summed E-state index contributed by atoms with van der Waals surface area (Å²) < 4.78 is 18.3. The Hall–Kier alpha value is -4.26. The number of aryl methyl sites for hydroxylation is 2. The summed E-state index contributed by atoms with van der Waals surface area (Å²) in [6, 6.07) is 18.0. The summed E-state index contributed by atoms with van der Waals surface area (Å²) in [4.78, 5) is 27.0. The number of para-hydroxylation sites is 1. The van der Waals surface area contributed by atoms with E-state index in [1.165, 1.54) is 21.3 Å².